The molecule has 8 nitrogen and oxygen atoms in total. The molecule has 2 aromatic carbocycles. The van der Waals surface area contributed by atoms with Crippen molar-refractivity contribution in [3.05, 3.63) is 78.4 Å². The molecule has 4 aromatic heterocycles. The van der Waals surface area contributed by atoms with Crippen LogP contribution in [0.3, 0.4) is 0 Å². The van der Waals surface area contributed by atoms with Crippen molar-refractivity contribution < 1.29 is 9.50 Å². The van der Waals surface area contributed by atoms with Crippen LogP contribution in [0.2, 0.25) is 0 Å². The van der Waals surface area contributed by atoms with Gasteiger partial charge in [0.25, 0.3) is 0 Å². The van der Waals surface area contributed by atoms with Crippen molar-refractivity contribution >= 4 is 22.1 Å². The summed E-state index contributed by atoms with van der Waals surface area (Å²) >= 11 is 0. The molecule has 0 spiro atoms. The summed E-state index contributed by atoms with van der Waals surface area (Å²) in [7, 11) is 0. The number of rotatable bonds is 5. The Hall–Kier alpha value is -4.63. The Kier molecular flexibility index (Phi) is 5.36. The Morgan fingerprint density at radius 3 is 2.66 bits per heavy atom. The van der Waals surface area contributed by atoms with Gasteiger partial charge in [-0.3, -0.25) is 15.0 Å². The van der Waals surface area contributed by atoms with Gasteiger partial charge in [0.2, 0.25) is 0 Å². The number of halogens is 1. The van der Waals surface area contributed by atoms with E-state index in [0.717, 1.165) is 48.0 Å². The van der Waals surface area contributed by atoms with E-state index in [2.05, 4.69) is 31.1 Å². The Morgan fingerprint density at radius 2 is 1.79 bits per heavy atom. The van der Waals surface area contributed by atoms with E-state index in [1.165, 1.54) is 30.5 Å². The molecule has 0 aliphatic carbocycles. The number of para-hydroxylation sites is 1. The summed E-state index contributed by atoms with van der Waals surface area (Å²) in [5, 5.41) is 17.5. The van der Waals surface area contributed by atoms with Gasteiger partial charge in [0.1, 0.15) is 17.1 Å². The van der Waals surface area contributed by atoms with Crippen molar-refractivity contribution in [2.24, 2.45) is 0 Å². The number of hydrogen-bond donors (Lipinski definition) is 3. The number of benzene rings is 2. The van der Waals surface area contributed by atoms with E-state index in [9.17, 15) is 9.50 Å². The van der Waals surface area contributed by atoms with Crippen molar-refractivity contribution in [3.63, 3.8) is 0 Å². The van der Waals surface area contributed by atoms with Crippen LogP contribution in [0.15, 0.2) is 67.0 Å². The lowest BCUT2D eigenvalue weighted by molar-refractivity contribution is 0.331. The van der Waals surface area contributed by atoms with Crippen LogP contribution in [0.5, 0.6) is 5.75 Å². The second kappa shape index (κ2) is 9.04. The average Bonchev–Trinajstić information content (AvgIpc) is 3.67. The highest BCUT2D eigenvalue weighted by Gasteiger charge is 2.18. The number of hydrogen-bond acceptors (Lipinski definition) is 6. The van der Waals surface area contributed by atoms with Gasteiger partial charge in [-0.25, -0.2) is 14.4 Å². The first-order chi connectivity index (χ1) is 18.6. The molecule has 0 bridgehead atoms. The standard InChI is InChI=1S/C29H24FN7O/c30-20-11-18(12-21(38)13-20)22-4-3-5-24-26(22)34-29(33-24)28-27-25(35-36-28)7-6-23(32-27)19-10-17(14-31-15-19)16-37-8-1-2-9-37/h3-7,10-15,38H,1-2,8-9,16H2,(H,33,34)(H,35,36). The summed E-state index contributed by atoms with van der Waals surface area (Å²) in [6.07, 6.45) is 6.27. The molecular weight excluding hydrogens is 481 g/mol. The van der Waals surface area contributed by atoms with Gasteiger partial charge in [0.15, 0.2) is 11.5 Å². The first-order valence-corrected chi connectivity index (χ1v) is 12.6. The summed E-state index contributed by atoms with van der Waals surface area (Å²) < 4.78 is 14.0. The Morgan fingerprint density at radius 1 is 0.895 bits per heavy atom. The number of imidazole rings is 1. The van der Waals surface area contributed by atoms with Crippen LogP contribution in [-0.2, 0) is 6.54 Å². The molecule has 1 aliphatic heterocycles. The summed E-state index contributed by atoms with van der Waals surface area (Å²) in [4.78, 5) is 20.0. The minimum Gasteiger partial charge on any atom is -0.508 e. The molecule has 0 saturated carbocycles. The minimum absolute atomic E-state index is 0.137. The molecule has 1 saturated heterocycles. The van der Waals surface area contributed by atoms with Gasteiger partial charge >= 0.3 is 0 Å². The van der Waals surface area contributed by atoms with Gasteiger partial charge < -0.3 is 10.1 Å². The monoisotopic (exact) mass is 505 g/mol. The molecule has 38 heavy (non-hydrogen) atoms. The Bertz CT molecular complexity index is 1780. The van der Waals surface area contributed by atoms with Crippen LogP contribution in [0.1, 0.15) is 18.4 Å². The third-order valence-corrected chi connectivity index (χ3v) is 7.03. The predicted octanol–water partition coefficient (Wildman–Crippen LogP) is 5.67. The van der Waals surface area contributed by atoms with Gasteiger partial charge in [-0.1, -0.05) is 12.1 Å². The number of nitrogens with one attached hydrogen (secondary N) is 2. The summed E-state index contributed by atoms with van der Waals surface area (Å²) in [6, 6.07) is 15.7. The average molecular weight is 506 g/mol. The Balaban J connectivity index is 1.28. The van der Waals surface area contributed by atoms with Gasteiger partial charge in [-0.05, 0) is 73.5 Å². The maximum Gasteiger partial charge on any atom is 0.161 e. The zero-order chi connectivity index (χ0) is 25.6. The molecule has 188 valence electrons. The van der Waals surface area contributed by atoms with Gasteiger partial charge in [-0.2, -0.15) is 5.10 Å². The number of phenolic OH excluding ortho intramolecular Hbond substituents is 1. The third-order valence-electron chi connectivity index (χ3n) is 7.03. The molecule has 0 unspecified atom stereocenters. The predicted molar refractivity (Wildman–Crippen MR) is 144 cm³/mol. The van der Waals surface area contributed by atoms with Crippen molar-refractivity contribution in [3.8, 4) is 39.7 Å². The first kappa shape index (κ1) is 22.6. The van der Waals surface area contributed by atoms with Crippen LogP contribution in [-0.4, -0.2) is 53.2 Å². The molecule has 0 atom stereocenters. The van der Waals surface area contributed by atoms with E-state index >= 15 is 0 Å². The fraction of sp³-hybridized carbons (Fsp3) is 0.172. The quantitative estimate of drug-likeness (QED) is 0.279. The molecule has 0 radical (unpaired) electrons. The fourth-order valence-corrected chi connectivity index (χ4v) is 5.24. The summed E-state index contributed by atoms with van der Waals surface area (Å²) in [5.41, 5.74) is 7.67. The first-order valence-electron chi connectivity index (χ1n) is 12.6. The fourth-order valence-electron chi connectivity index (χ4n) is 5.24. The van der Waals surface area contributed by atoms with Crippen molar-refractivity contribution in [2.75, 3.05) is 13.1 Å². The summed E-state index contributed by atoms with van der Waals surface area (Å²) in [5.74, 6) is -0.103. The van der Waals surface area contributed by atoms with Crippen molar-refractivity contribution in [1.29, 1.82) is 0 Å². The highest BCUT2D eigenvalue weighted by molar-refractivity contribution is 5.96. The van der Waals surface area contributed by atoms with Gasteiger partial charge in [0.05, 0.1) is 22.2 Å². The molecule has 5 heterocycles. The molecular formula is C29H24FN7O. The Labute approximate surface area is 217 Å². The van der Waals surface area contributed by atoms with Crippen molar-refractivity contribution in [1.82, 2.24) is 35.0 Å². The number of aromatic amines is 2. The molecule has 9 heteroatoms. The van der Waals surface area contributed by atoms with E-state index in [0.29, 0.717) is 33.7 Å². The molecule has 6 aromatic rings. The largest absolute Gasteiger partial charge is 0.508 e. The lowest BCUT2D eigenvalue weighted by Gasteiger charge is -2.14. The molecule has 0 amide bonds. The lowest BCUT2D eigenvalue weighted by Crippen LogP contribution is -2.18. The van der Waals surface area contributed by atoms with Crippen molar-refractivity contribution in [2.45, 2.75) is 19.4 Å². The normalized spacial score (nSPS) is 14.1. The van der Waals surface area contributed by atoms with Gasteiger partial charge in [-0.15, -0.1) is 0 Å². The molecule has 1 aliphatic rings. The SMILES string of the molecule is Oc1cc(F)cc(-c2cccc3[nH]c(-c4n[nH]c5ccc(-c6cncc(CN7CCCC7)c6)nc45)nc23)c1. The second-order valence-corrected chi connectivity index (χ2v) is 9.72. The summed E-state index contributed by atoms with van der Waals surface area (Å²) in [6.45, 7) is 3.16. The smallest absolute Gasteiger partial charge is 0.161 e. The number of aromatic hydroxyl groups is 1. The minimum atomic E-state index is -0.512. The maximum absolute atomic E-state index is 14.0. The van der Waals surface area contributed by atoms with E-state index in [-0.39, 0.29) is 5.75 Å². The maximum atomic E-state index is 14.0. The molecule has 7 rings (SSSR count). The third kappa shape index (κ3) is 4.06. The van der Waals surface area contributed by atoms with E-state index in [1.807, 2.05) is 42.7 Å². The number of aromatic nitrogens is 6. The van der Waals surface area contributed by atoms with E-state index in [4.69, 9.17) is 9.97 Å². The zero-order valence-corrected chi connectivity index (χ0v) is 20.4. The highest BCUT2D eigenvalue weighted by atomic mass is 19.1. The lowest BCUT2D eigenvalue weighted by atomic mass is 10.0. The zero-order valence-electron chi connectivity index (χ0n) is 20.4. The van der Waals surface area contributed by atoms with Crippen LogP contribution < -0.4 is 0 Å². The number of H-pyrrole nitrogens is 2. The van der Waals surface area contributed by atoms with E-state index < -0.39 is 5.82 Å². The van der Waals surface area contributed by atoms with Gasteiger partial charge in [0, 0.05) is 36.1 Å². The highest BCUT2D eigenvalue weighted by Crippen LogP contribution is 2.33. The number of nitrogens with zero attached hydrogens (tertiary/aromatic N) is 5. The van der Waals surface area contributed by atoms with Crippen LogP contribution in [0.4, 0.5) is 4.39 Å². The number of pyridine rings is 2. The topological polar surface area (TPSA) is 107 Å². The number of phenols is 1. The second-order valence-electron chi connectivity index (χ2n) is 9.72. The van der Waals surface area contributed by atoms with Crippen LogP contribution in [0, 0.1) is 5.82 Å². The van der Waals surface area contributed by atoms with Crippen LogP contribution in [0.25, 0.3) is 56.0 Å². The molecule has 3 N–H and O–H groups in total. The number of likely N-dealkylation sites (tertiary alicyclic amines) is 1. The van der Waals surface area contributed by atoms with E-state index in [1.54, 1.807) is 0 Å². The van der Waals surface area contributed by atoms with Crippen LogP contribution >= 0.6 is 0 Å². The number of fused-ring (bicyclic) bond motifs is 2. The molecule has 1 fully saturated rings.